The van der Waals surface area contributed by atoms with E-state index in [9.17, 15) is 8.42 Å². The molecular formula is C16H19N3O2S2. The second-order valence-corrected chi connectivity index (χ2v) is 9.15. The fourth-order valence-electron chi connectivity index (χ4n) is 3.81. The van der Waals surface area contributed by atoms with Crippen LogP contribution >= 0.6 is 11.3 Å². The van der Waals surface area contributed by atoms with E-state index in [-0.39, 0.29) is 5.41 Å². The van der Waals surface area contributed by atoms with Gasteiger partial charge in [0.1, 0.15) is 0 Å². The molecule has 0 saturated carbocycles. The van der Waals surface area contributed by atoms with E-state index in [2.05, 4.69) is 16.0 Å². The molecule has 1 aromatic heterocycles. The zero-order chi connectivity index (χ0) is 16.1. The second kappa shape index (κ2) is 5.21. The average Bonchev–Trinajstić information content (AvgIpc) is 3.16. The van der Waals surface area contributed by atoms with E-state index in [1.807, 2.05) is 29.8 Å². The highest BCUT2D eigenvalue weighted by Gasteiger charge is 2.47. The maximum absolute atomic E-state index is 12.2. The van der Waals surface area contributed by atoms with Crippen molar-refractivity contribution in [2.45, 2.75) is 18.3 Å². The molecule has 1 saturated heterocycles. The Balaban J connectivity index is 1.66. The van der Waals surface area contributed by atoms with Gasteiger partial charge in [0.25, 0.3) is 0 Å². The zero-order valence-corrected chi connectivity index (χ0v) is 14.6. The van der Waals surface area contributed by atoms with Crippen molar-refractivity contribution < 1.29 is 8.42 Å². The van der Waals surface area contributed by atoms with Crippen LogP contribution in [0.2, 0.25) is 0 Å². The van der Waals surface area contributed by atoms with Gasteiger partial charge in [0, 0.05) is 36.6 Å². The third-order valence-electron chi connectivity index (χ3n) is 5.00. The van der Waals surface area contributed by atoms with Crippen LogP contribution in [0.15, 0.2) is 35.8 Å². The summed E-state index contributed by atoms with van der Waals surface area (Å²) in [6, 6.07) is 7.96. The lowest BCUT2D eigenvalue weighted by molar-refractivity contribution is 0.356. The molecule has 0 bridgehead atoms. The Bertz CT molecular complexity index is 810. The van der Waals surface area contributed by atoms with Crippen LogP contribution in [0.25, 0.3) is 0 Å². The highest BCUT2D eigenvalue weighted by Crippen LogP contribution is 2.48. The number of para-hydroxylation sites is 1. The van der Waals surface area contributed by atoms with Gasteiger partial charge < -0.3 is 4.90 Å². The molecule has 0 atom stereocenters. The fraction of sp³-hybridized carbons (Fsp3) is 0.438. The molecule has 0 amide bonds. The van der Waals surface area contributed by atoms with Crippen molar-refractivity contribution in [3.8, 4) is 0 Å². The third-order valence-corrected chi connectivity index (χ3v) is 6.96. The molecule has 4 rings (SSSR count). The van der Waals surface area contributed by atoms with Gasteiger partial charge in [-0.05, 0) is 24.5 Å². The number of hydrogen-bond acceptors (Lipinski definition) is 5. The summed E-state index contributed by atoms with van der Waals surface area (Å²) in [6.07, 6.45) is 5.04. The summed E-state index contributed by atoms with van der Waals surface area (Å²) < 4.78 is 25.9. The van der Waals surface area contributed by atoms with Gasteiger partial charge in [-0.25, -0.2) is 13.4 Å². The predicted molar refractivity (Wildman–Crippen MR) is 93.9 cm³/mol. The van der Waals surface area contributed by atoms with Gasteiger partial charge >= 0.3 is 0 Å². The van der Waals surface area contributed by atoms with Crippen LogP contribution in [0, 0.1) is 0 Å². The Labute approximate surface area is 140 Å². The topological polar surface area (TPSA) is 53.5 Å². The van der Waals surface area contributed by atoms with Crippen LogP contribution in [0.1, 0.15) is 18.4 Å². The summed E-state index contributed by atoms with van der Waals surface area (Å²) in [4.78, 5) is 6.70. The monoisotopic (exact) mass is 349 g/mol. The lowest BCUT2D eigenvalue weighted by Crippen LogP contribution is -2.46. The van der Waals surface area contributed by atoms with Crippen molar-refractivity contribution in [2.75, 3.05) is 35.1 Å². The van der Waals surface area contributed by atoms with Crippen LogP contribution in [0.4, 0.5) is 10.8 Å². The largest absolute Gasteiger partial charge is 0.348 e. The molecule has 23 heavy (non-hydrogen) atoms. The molecule has 0 radical (unpaired) electrons. The number of piperidine rings is 1. The molecule has 1 spiro atoms. The van der Waals surface area contributed by atoms with E-state index in [0.29, 0.717) is 6.54 Å². The van der Waals surface area contributed by atoms with Crippen molar-refractivity contribution in [3.05, 3.63) is 41.4 Å². The minimum atomic E-state index is -3.24. The summed E-state index contributed by atoms with van der Waals surface area (Å²) in [5, 5.41) is 3.06. The maximum atomic E-state index is 12.2. The number of rotatable bonds is 2. The molecule has 2 aliphatic heterocycles. The van der Waals surface area contributed by atoms with Crippen molar-refractivity contribution in [1.29, 1.82) is 0 Å². The normalized spacial score (nSPS) is 20.0. The smallest absolute Gasteiger partial charge is 0.232 e. The number of aromatic nitrogens is 1. The third kappa shape index (κ3) is 2.42. The summed E-state index contributed by atoms with van der Waals surface area (Å²) in [6.45, 7) is 2.40. The lowest BCUT2D eigenvalue weighted by atomic mass is 9.74. The quantitative estimate of drug-likeness (QED) is 0.836. The van der Waals surface area contributed by atoms with Crippen LogP contribution in [0.3, 0.4) is 0 Å². The summed E-state index contributed by atoms with van der Waals surface area (Å²) in [5.74, 6) is 0. The van der Waals surface area contributed by atoms with Crippen LogP contribution < -0.4 is 9.21 Å². The number of anilines is 2. The number of hydrogen-bond donors (Lipinski definition) is 0. The van der Waals surface area contributed by atoms with Crippen LogP contribution in [0.5, 0.6) is 0 Å². The molecular weight excluding hydrogens is 330 g/mol. The fourth-order valence-corrected chi connectivity index (χ4v) is 5.50. The molecule has 7 heteroatoms. The van der Waals surface area contributed by atoms with Crippen molar-refractivity contribution in [2.24, 2.45) is 0 Å². The van der Waals surface area contributed by atoms with Gasteiger partial charge in [-0.1, -0.05) is 18.2 Å². The Hall–Kier alpha value is -1.60. The van der Waals surface area contributed by atoms with E-state index in [1.54, 1.807) is 15.6 Å². The summed E-state index contributed by atoms with van der Waals surface area (Å²) in [7, 11) is -3.24. The number of benzene rings is 1. The minimum Gasteiger partial charge on any atom is -0.348 e. The highest BCUT2D eigenvalue weighted by atomic mass is 32.2. The number of thiazole rings is 1. The van der Waals surface area contributed by atoms with Crippen molar-refractivity contribution in [3.63, 3.8) is 0 Å². The average molecular weight is 349 g/mol. The van der Waals surface area contributed by atoms with Gasteiger partial charge in [-0.2, -0.15) is 0 Å². The Morgan fingerprint density at radius 1 is 1.22 bits per heavy atom. The molecule has 3 heterocycles. The number of nitrogens with zero attached hydrogens (tertiary/aromatic N) is 3. The van der Waals surface area contributed by atoms with Gasteiger partial charge in [0.05, 0.1) is 11.9 Å². The standard InChI is InChI=1S/C16H19N3O2S2/c1-23(20,21)19-12-16(13-4-2-3-5-14(13)19)6-9-18(10-7-16)15-17-8-11-22-15/h2-5,8,11H,6-7,9-10,12H2,1H3. The Morgan fingerprint density at radius 3 is 2.61 bits per heavy atom. The summed E-state index contributed by atoms with van der Waals surface area (Å²) >= 11 is 1.66. The van der Waals surface area contributed by atoms with Gasteiger partial charge in [-0.3, -0.25) is 4.31 Å². The first kappa shape index (κ1) is 15.0. The van der Waals surface area contributed by atoms with E-state index >= 15 is 0 Å². The molecule has 2 aromatic rings. The zero-order valence-electron chi connectivity index (χ0n) is 13.0. The molecule has 0 unspecified atom stereocenters. The van der Waals surface area contributed by atoms with Crippen LogP contribution in [-0.2, 0) is 15.4 Å². The maximum Gasteiger partial charge on any atom is 0.232 e. The van der Waals surface area contributed by atoms with Gasteiger partial charge in [0.15, 0.2) is 5.13 Å². The first-order valence-corrected chi connectivity index (χ1v) is 10.4. The first-order valence-electron chi connectivity index (χ1n) is 7.71. The predicted octanol–water partition coefficient (Wildman–Crippen LogP) is 2.46. The molecule has 5 nitrogen and oxygen atoms in total. The number of sulfonamides is 1. The first-order chi connectivity index (χ1) is 11.0. The molecule has 2 aliphatic rings. The van der Waals surface area contributed by atoms with Crippen LogP contribution in [-0.4, -0.2) is 39.3 Å². The molecule has 1 fully saturated rings. The molecule has 0 aliphatic carbocycles. The second-order valence-electron chi connectivity index (χ2n) is 6.37. The van der Waals surface area contributed by atoms with Crippen molar-refractivity contribution >= 4 is 32.2 Å². The van der Waals surface area contributed by atoms with E-state index in [0.717, 1.165) is 36.8 Å². The van der Waals surface area contributed by atoms with Gasteiger partial charge in [0.2, 0.25) is 10.0 Å². The summed E-state index contributed by atoms with van der Waals surface area (Å²) in [5.41, 5.74) is 1.98. The van der Waals surface area contributed by atoms with E-state index in [4.69, 9.17) is 0 Å². The Kier molecular flexibility index (Phi) is 3.39. The molecule has 0 N–H and O–H groups in total. The lowest BCUT2D eigenvalue weighted by Gasteiger charge is -2.39. The number of fused-ring (bicyclic) bond motifs is 2. The molecule has 1 aromatic carbocycles. The Morgan fingerprint density at radius 2 is 1.96 bits per heavy atom. The SMILES string of the molecule is CS(=O)(=O)N1CC2(CCN(c3nccs3)CC2)c2ccccc21. The van der Waals surface area contributed by atoms with E-state index in [1.165, 1.54) is 11.8 Å². The molecule has 122 valence electrons. The van der Waals surface area contributed by atoms with Gasteiger partial charge in [-0.15, -0.1) is 11.3 Å². The minimum absolute atomic E-state index is 0.0621. The van der Waals surface area contributed by atoms with E-state index < -0.39 is 10.0 Å². The van der Waals surface area contributed by atoms with Crippen molar-refractivity contribution in [1.82, 2.24) is 4.98 Å². The highest BCUT2D eigenvalue weighted by molar-refractivity contribution is 7.92.